The number of nitrogens with zero attached hydrogens (tertiary/aromatic N) is 2. The van der Waals surface area contributed by atoms with Crippen molar-refractivity contribution in [3.05, 3.63) is 69.2 Å². The van der Waals surface area contributed by atoms with Crippen LogP contribution in [0.2, 0.25) is 0 Å². The highest BCUT2D eigenvalue weighted by Gasteiger charge is 2.13. The van der Waals surface area contributed by atoms with Gasteiger partial charge in [-0.3, -0.25) is 4.79 Å². The first-order valence-corrected chi connectivity index (χ1v) is 11.0. The van der Waals surface area contributed by atoms with Crippen molar-refractivity contribution in [2.45, 2.75) is 33.6 Å². The SMILES string of the molecule is CNC(/N=C(Oc1ccc(F)cc1)\C(C)=C/Cc1ncc(C)s1)=C(/C)C(=O)NCCCO. The summed E-state index contributed by atoms with van der Waals surface area (Å²) in [6.07, 6.45) is 4.85. The van der Waals surface area contributed by atoms with E-state index >= 15 is 0 Å². The molecule has 0 bridgehead atoms. The molecule has 7 nitrogen and oxygen atoms in total. The molecule has 2 aromatic rings. The third kappa shape index (κ3) is 7.90. The van der Waals surface area contributed by atoms with E-state index in [4.69, 9.17) is 9.84 Å². The maximum atomic E-state index is 13.3. The lowest BCUT2D eigenvalue weighted by Crippen LogP contribution is -2.28. The molecule has 0 aliphatic rings. The number of aromatic nitrogens is 1. The number of benzene rings is 1. The van der Waals surface area contributed by atoms with Gasteiger partial charge in [-0.25, -0.2) is 9.37 Å². The number of hydrogen-bond donors (Lipinski definition) is 3. The summed E-state index contributed by atoms with van der Waals surface area (Å²) in [5.74, 6) is 0.364. The van der Waals surface area contributed by atoms with Gasteiger partial charge in [0, 0.05) is 43.3 Å². The number of amides is 1. The zero-order valence-corrected chi connectivity index (χ0v) is 19.6. The fraction of sp³-hybridized carbons (Fsp3) is 0.348. The fourth-order valence-electron chi connectivity index (χ4n) is 2.58. The molecule has 172 valence electrons. The van der Waals surface area contributed by atoms with Crippen molar-refractivity contribution < 1.29 is 19.0 Å². The highest BCUT2D eigenvalue weighted by Crippen LogP contribution is 2.17. The van der Waals surface area contributed by atoms with E-state index in [0.717, 1.165) is 15.5 Å². The zero-order valence-electron chi connectivity index (χ0n) is 18.7. The van der Waals surface area contributed by atoms with Crippen molar-refractivity contribution in [2.24, 2.45) is 4.99 Å². The van der Waals surface area contributed by atoms with Gasteiger partial charge in [-0.15, -0.1) is 11.3 Å². The number of rotatable bonds is 10. The molecule has 0 fully saturated rings. The Labute approximate surface area is 191 Å². The molecule has 0 spiro atoms. The molecule has 0 saturated carbocycles. The van der Waals surface area contributed by atoms with E-state index in [2.05, 4.69) is 20.6 Å². The second kappa shape index (κ2) is 12.7. The number of halogens is 1. The van der Waals surface area contributed by atoms with Crippen LogP contribution in [0.4, 0.5) is 4.39 Å². The Hall–Kier alpha value is -3.04. The fourth-order valence-corrected chi connectivity index (χ4v) is 3.33. The summed E-state index contributed by atoms with van der Waals surface area (Å²) < 4.78 is 19.2. The van der Waals surface area contributed by atoms with Crippen LogP contribution in [0.25, 0.3) is 0 Å². The topological polar surface area (TPSA) is 95.8 Å². The van der Waals surface area contributed by atoms with E-state index in [0.29, 0.717) is 36.5 Å². The number of aryl methyl sites for hydroxylation is 1. The Morgan fingerprint density at radius 3 is 2.62 bits per heavy atom. The Kier molecular flexibility index (Phi) is 10.0. The van der Waals surface area contributed by atoms with Crippen molar-refractivity contribution in [2.75, 3.05) is 20.2 Å². The Morgan fingerprint density at radius 2 is 2.03 bits per heavy atom. The van der Waals surface area contributed by atoms with E-state index in [1.54, 1.807) is 25.3 Å². The third-order valence-corrected chi connectivity index (χ3v) is 5.32. The van der Waals surface area contributed by atoms with Gasteiger partial charge in [0.2, 0.25) is 5.90 Å². The van der Waals surface area contributed by atoms with Crippen LogP contribution in [-0.4, -0.2) is 42.1 Å². The monoisotopic (exact) mass is 460 g/mol. The molecule has 32 heavy (non-hydrogen) atoms. The molecular weight excluding hydrogens is 431 g/mol. The highest BCUT2D eigenvalue weighted by atomic mass is 32.1. The molecular formula is C23H29FN4O3S. The summed E-state index contributed by atoms with van der Waals surface area (Å²) in [6, 6.07) is 5.64. The predicted molar refractivity (Wildman–Crippen MR) is 125 cm³/mol. The van der Waals surface area contributed by atoms with Crippen molar-refractivity contribution in [3.63, 3.8) is 0 Å². The van der Waals surface area contributed by atoms with Crippen LogP contribution in [0, 0.1) is 12.7 Å². The van der Waals surface area contributed by atoms with E-state index in [1.165, 1.54) is 24.3 Å². The van der Waals surface area contributed by atoms with Crippen LogP contribution in [0.3, 0.4) is 0 Å². The van der Waals surface area contributed by atoms with Gasteiger partial charge in [0.05, 0.1) is 10.6 Å². The van der Waals surface area contributed by atoms with Gasteiger partial charge in [-0.05, 0) is 51.5 Å². The minimum atomic E-state index is -0.367. The van der Waals surface area contributed by atoms with Gasteiger partial charge >= 0.3 is 0 Å². The Bertz CT molecular complexity index is 997. The smallest absolute Gasteiger partial charge is 0.250 e. The van der Waals surface area contributed by atoms with Gasteiger partial charge in [0.25, 0.3) is 5.91 Å². The van der Waals surface area contributed by atoms with Crippen LogP contribution >= 0.6 is 11.3 Å². The number of thiazole rings is 1. The lowest BCUT2D eigenvalue weighted by Gasteiger charge is -2.13. The number of nitrogens with one attached hydrogen (secondary N) is 2. The van der Waals surface area contributed by atoms with Gasteiger partial charge in [-0.1, -0.05) is 6.08 Å². The second-order valence-electron chi connectivity index (χ2n) is 6.99. The number of carbonyl (C=O) groups excluding carboxylic acids is 1. The first-order valence-electron chi connectivity index (χ1n) is 10.2. The first-order chi connectivity index (χ1) is 15.3. The van der Waals surface area contributed by atoms with E-state index < -0.39 is 0 Å². The molecule has 1 aromatic heterocycles. The van der Waals surface area contributed by atoms with Gasteiger partial charge in [0.1, 0.15) is 17.4 Å². The summed E-state index contributed by atoms with van der Waals surface area (Å²) in [7, 11) is 1.66. The lowest BCUT2D eigenvalue weighted by atomic mass is 10.2. The number of aliphatic hydroxyl groups excluding tert-OH is 1. The predicted octanol–water partition coefficient (Wildman–Crippen LogP) is 3.51. The molecule has 0 atom stereocenters. The summed E-state index contributed by atoms with van der Waals surface area (Å²) in [5, 5.41) is 15.5. The van der Waals surface area contributed by atoms with E-state index in [1.807, 2.05) is 26.1 Å². The van der Waals surface area contributed by atoms with Crippen LogP contribution in [-0.2, 0) is 11.2 Å². The summed E-state index contributed by atoms with van der Waals surface area (Å²) >= 11 is 1.61. The molecule has 1 aromatic carbocycles. The molecule has 9 heteroatoms. The summed E-state index contributed by atoms with van der Waals surface area (Å²) in [5.41, 5.74) is 1.11. The number of ether oxygens (including phenoxy) is 1. The van der Waals surface area contributed by atoms with Crippen LogP contribution < -0.4 is 15.4 Å². The van der Waals surface area contributed by atoms with E-state index in [9.17, 15) is 9.18 Å². The maximum absolute atomic E-state index is 13.3. The standard InChI is InChI=1S/C23H29FN4O3S/c1-15(6-11-20-27-14-16(2)32-20)23(31-19-9-7-18(24)8-10-19)28-21(25-4)17(3)22(30)26-12-5-13-29/h6-10,14,25,29H,5,11-13H2,1-4H3,(H,26,30)/b15-6-,21-17+,28-23+. The van der Waals surface area contributed by atoms with Gasteiger partial charge in [0.15, 0.2) is 0 Å². The minimum absolute atomic E-state index is 0.00164. The second-order valence-corrected chi connectivity index (χ2v) is 8.30. The van der Waals surface area contributed by atoms with Crippen LogP contribution in [0.5, 0.6) is 5.75 Å². The van der Waals surface area contributed by atoms with Gasteiger partial charge < -0.3 is 20.5 Å². The zero-order chi connectivity index (χ0) is 23.5. The molecule has 0 aliphatic carbocycles. The average Bonchev–Trinajstić information content (AvgIpc) is 3.21. The number of allylic oxidation sites excluding steroid dienone is 1. The molecule has 1 amide bonds. The van der Waals surface area contributed by atoms with Crippen LogP contribution in [0.15, 0.2) is 58.5 Å². The summed E-state index contributed by atoms with van der Waals surface area (Å²) in [4.78, 5) is 22.5. The van der Waals surface area contributed by atoms with Crippen molar-refractivity contribution in [3.8, 4) is 5.75 Å². The molecule has 0 aliphatic heterocycles. The molecule has 3 N–H and O–H groups in total. The third-order valence-electron chi connectivity index (χ3n) is 4.38. The number of hydrogen-bond acceptors (Lipinski definition) is 7. The molecule has 0 unspecified atom stereocenters. The number of aliphatic hydroxyl groups is 1. The minimum Gasteiger partial charge on any atom is -0.439 e. The molecule has 0 saturated heterocycles. The average molecular weight is 461 g/mol. The lowest BCUT2D eigenvalue weighted by molar-refractivity contribution is -0.117. The Morgan fingerprint density at radius 1 is 1.31 bits per heavy atom. The van der Waals surface area contributed by atoms with E-state index in [-0.39, 0.29) is 24.2 Å². The number of carbonyl (C=O) groups is 1. The van der Waals surface area contributed by atoms with Crippen molar-refractivity contribution in [1.29, 1.82) is 0 Å². The molecule has 1 heterocycles. The highest BCUT2D eigenvalue weighted by molar-refractivity contribution is 7.11. The van der Waals surface area contributed by atoms with Crippen molar-refractivity contribution >= 4 is 23.1 Å². The molecule has 0 radical (unpaired) electrons. The van der Waals surface area contributed by atoms with Crippen LogP contribution in [0.1, 0.15) is 30.2 Å². The Balaban J connectivity index is 2.35. The molecule has 2 rings (SSSR count). The van der Waals surface area contributed by atoms with Gasteiger partial charge in [-0.2, -0.15) is 4.99 Å². The van der Waals surface area contributed by atoms with Crippen molar-refractivity contribution in [1.82, 2.24) is 15.6 Å². The number of aliphatic imine (C=N–C) groups is 1. The quantitative estimate of drug-likeness (QED) is 0.218. The summed E-state index contributed by atoms with van der Waals surface area (Å²) in [6.45, 7) is 5.86. The normalized spacial score (nSPS) is 12.9. The maximum Gasteiger partial charge on any atom is 0.250 e. The largest absolute Gasteiger partial charge is 0.439 e. The first kappa shape index (κ1) is 25.2.